The molecule has 0 unspecified atom stereocenters. The van der Waals surface area contributed by atoms with Crippen LogP contribution >= 0.6 is 0 Å². The Morgan fingerprint density at radius 2 is 1.80 bits per heavy atom. The van der Waals surface area contributed by atoms with Crippen LogP contribution in [0.4, 0.5) is 0 Å². The Bertz CT molecular complexity index is 447. The number of ether oxygens (including phenoxy) is 2. The van der Waals surface area contributed by atoms with Gasteiger partial charge in [0.1, 0.15) is 23.9 Å². The van der Waals surface area contributed by atoms with E-state index < -0.39 is 0 Å². The molecule has 1 aliphatic carbocycles. The van der Waals surface area contributed by atoms with Gasteiger partial charge in [-0.15, -0.1) is 0 Å². The summed E-state index contributed by atoms with van der Waals surface area (Å²) in [5.74, 6) is 0.442. The third-order valence-corrected chi connectivity index (χ3v) is 4.89. The molecule has 0 heterocycles. The molecule has 0 aromatic heterocycles. The third kappa shape index (κ3) is 4.17. The van der Waals surface area contributed by atoms with Crippen LogP contribution in [0.3, 0.4) is 0 Å². The molecule has 110 valence electrons. The normalized spacial score (nSPS) is 17.2. The van der Waals surface area contributed by atoms with Crippen LogP contribution in [0.5, 0.6) is 5.75 Å². The van der Waals surface area contributed by atoms with E-state index in [4.69, 9.17) is 9.47 Å². The first-order valence-corrected chi connectivity index (χ1v) is 9.05. The van der Waals surface area contributed by atoms with Crippen molar-refractivity contribution in [3.8, 4) is 5.75 Å². The molecule has 3 nitrogen and oxygen atoms in total. The van der Waals surface area contributed by atoms with E-state index in [-0.39, 0.29) is 29.1 Å². The second-order valence-electron chi connectivity index (χ2n) is 5.71. The van der Waals surface area contributed by atoms with Gasteiger partial charge in [-0.2, -0.15) is 0 Å². The van der Waals surface area contributed by atoms with Crippen LogP contribution < -0.4 is 4.74 Å². The number of hydrogen-bond donors (Lipinski definition) is 0. The summed E-state index contributed by atoms with van der Waals surface area (Å²) in [6.07, 6.45) is 8.56. The molecule has 2 rings (SSSR count). The molecule has 1 aromatic rings. The van der Waals surface area contributed by atoms with Crippen molar-refractivity contribution in [3.63, 3.8) is 0 Å². The maximum atomic E-state index is 11.8. The number of hydrogen-bond acceptors (Lipinski definition) is 3. The van der Waals surface area contributed by atoms with Gasteiger partial charge in [0.15, 0.2) is 11.5 Å². The van der Waals surface area contributed by atoms with Gasteiger partial charge in [-0.05, 0) is 56.9 Å². The number of carbonyl (C=O) groups excluding carboxylic acids is 1. The van der Waals surface area contributed by atoms with Crippen molar-refractivity contribution in [2.75, 3.05) is 19.1 Å². The largest absolute Gasteiger partial charge is 0.482 e. The Labute approximate surface area is 124 Å². The van der Waals surface area contributed by atoms with E-state index >= 15 is 0 Å². The van der Waals surface area contributed by atoms with Crippen LogP contribution in [0, 0.1) is 0 Å². The first-order valence-electron chi connectivity index (χ1n) is 7.01. The van der Waals surface area contributed by atoms with E-state index in [9.17, 15) is 4.79 Å². The second-order valence-corrected chi connectivity index (χ2v) is 7.81. The lowest BCUT2D eigenvalue weighted by Crippen LogP contribution is -2.30. The molecule has 20 heavy (non-hydrogen) atoms. The van der Waals surface area contributed by atoms with Crippen LogP contribution in [-0.4, -0.2) is 30.7 Å². The lowest BCUT2D eigenvalue weighted by molar-refractivity contribution is -0.159. The average molecular weight is 295 g/mol. The van der Waals surface area contributed by atoms with Gasteiger partial charge in [0, 0.05) is 10.9 Å². The molecule has 0 bridgehead atoms. The van der Waals surface area contributed by atoms with E-state index in [1.54, 1.807) is 0 Å². The van der Waals surface area contributed by atoms with Crippen molar-refractivity contribution in [2.45, 2.75) is 43.1 Å². The predicted octanol–water partition coefficient (Wildman–Crippen LogP) is 3.18. The van der Waals surface area contributed by atoms with Gasteiger partial charge in [0.05, 0.1) is 0 Å². The standard InChI is InChI=1S/C16H23O3S/c1-16(10-4-5-11-16)19-15(17)12-18-13-6-8-14(9-7-13)20(2)3/h6-9H,4-5,10-12H2,1-3H3/q+1. The molecule has 0 saturated heterocycles. The summed E-state index contributed by atoms with van der Waals surface area (Å²) in [6.45, 7) is 2.00. The maximum Gasteiger partial charge on any atom is 0.344 e. The summed E-state index contributed by atoms with van der Waals surface area (Å²) in [5.41, 5.74) is -0.275. The Morgan fingerprint density at radius 1 is 1.20 bits per heavy atom. The van der Waals surface area contributed by atoms with Crippen LogP contribution in [0.25, 0.3) is 0 Å². The highest BCUT2D eigenvalue weighted by molar-refractivity contribution is 7.95. The third-order valence-electron chi connectivity index (χ3n) is 3.67. The molecular weight excluding hydrogens is 272 g/mol. The van der Waals surface area contributed by atoms with Crippen molar-refractivity contribution in [1.82, 2.24) is 0 Å². The van der Waals surface area contributed by atoms with Crippen LogP contribution in [0.1, 0.15) is 32.6 Å². The quantitative estimate of drug-likeness (QED) is 0.618. The minimum Gasteiger partial charge on any atom is -0.482 e. The molecule has 0 N–H and O–H groups in total. The van der Waals surface area contributed by atoms with E-state index in [1.807, 2.05) is 31.2 Å². The van der Waals surface area contributed by atoms with E-state index in [0.717, 1.165) is 25.7 Å². The minimum absolute atomic E-state index is 0.0150. The summed E-state index contributed by atoms with van der Waals surface area (Å²) in [5, 5.41) is 0. The van der Waals surface area contributed by atoms with Gasteiger partial charge in [0.2, 0.25) is 0 Å². The molecule has 0 atom stereocenters. The zero-order valence-electron chi connectivity index (χ0n) is 12.5. The maximum absolute atomic E-state index is 11.8. The molecule has 0 aliphatic heterocycles. The second kappa shape index (κ2) is 6.53. The first-order chi connectivity index (χ1) is 9.48. The Balaban J connectivity index is 1.81. The fraction of sp³-hybridized carbons (Fsp3) is 0.562. The summed E-state index contributed by atoms with van der Waals surface area (Å²) >= 11 is 0. The molecule has 4 heteroatoms. The van der Waals surface area contributed by atoms with Crippen LogP contribution in [0.2, 0.25) is 0 Å². The van der Waals surface area contributed by atoms with E-state index in [1.165, 1.54) is 4.90 Å². The molecular formula is C16H23O3S+. The lowest BCUT2D eigenvalue weighted by atomic mass is 10.1. The number of esters is 1. The van der Waals surface area contributed by atoms with Crippen molar-refractivity contribution < 1.29 is 14.3 Å². The van der Waals surface area contributed by atoms with Crippen molar-refractivity contribution in [1.29, 1.82) is 0 Å². The van der Waals surface area contributed by atoms with Gasteiger partial charge < -0.3 is 9.47 Å². The highest BCUT2D eigenvalue weighted by Gasteiger charge is 2.32. The summed E-state index contributed by atoms with van der Waals surface area (Å²) in [6, 6.07) is 7.91. The summed E-state index contributed by atoms with van der Waals surface area (Å²) < 4.78 is 11.0. The van der Waals surface area contributed by atoms with Crippen molar-refractivity contribution in [2.24, 2.45) is 0 Å². The van der Waals surface area contributed by atoms with Gasteiger partial charge in [0.25, 0.3) is 0 Å². The molecule has 1 aromatic carbocycles. The molecule has 0 amide bonds. The Hall–Kier alpha value is -1.16. The Morgan fingerprint density at radius 3 is 2.35 bits per heavy atom. The highest BCUT2D eigenvalue weighted by atomic mass is 32.2. The predicted molar refractivity (Wildman–Crippen MR) is 82.4 cm³/mol. The molecule has 0 radical (unpaired) electrons. The molecule has 1 saturated carbocycles. The Kier molecular flexibility index (Phi) is 4.97. The van der Waals surface area contributed by atoms with E-state index in [0.29, 0.717) is 5.75 Å². The fourth-order valence-corrected chi connectivity index (χ4v) is 3.16. The highest BCUT2D eigenvalue weighted by Crippen LogP contribution is 2.32. The zero-order valence-corrected chi connectivity index (χ0v) is 13.3. The number of rotatable bonds is 5. The fourth-order valence-electron chi connectivity index (χ4n) is 2.48. The zero-order chi connectivity index (χ0) is 14.6. The van der Waals surface area contributed by atoms with Gasteiger partial charge in [-0.25, -0.2) is 4.79 Å². The summed E-state index contributed by atoms with van der Waals surface area (Å²) in [7, 11) is 0.244. The van der Waals surface area contributed by atoms with E-state index in [2.05, 4.69) is 12.5 Å². The first kappa shape index (κ1) is 15.2. The molecule has 1 aliphatic rings. The number of benzene rings is 1. The number of carbonyl (C=O) groups is 1. The topological polar surface area (TPSA) is 35.5 Å². The monoisotopic (exact) mass is 295 g/mol. The van der Waals surface area contributed by atoms with Gasteiger partial charge >= 0.3 is 5.97 Å². The summed E-state index contributed by atoms with van der Waals surface area (Å²) in [4.78, 5) is 13.1. The van der Waals surface area contributed by atoms with Gasteiger partial charge in [-0.1, -0.05) is 0 Å². The van der Waals surface area contributed by atoms with Crippen LogP contribution in [0.15, 0.2) is 29.2 Å². The van der Waals surface area contributed by atoms with Gasteiger partial charge in [-0.3, -0.25) is 0 Å². The molecule has 0 spiro atoms. The smallest absolute Gasteiger partial charge is 0.344 e. The SMILES string of the molecule is C[S+](C)c1ccc(OCC(=O)OC2(C)CCCC2)cc1. The van der Waals surface area contributed by atoms with Crippen molar-refractivity contribution >= 4 is 16.9 Å². The van der Waals surface area contributed by atoms with Crippen molar-refractivity contribution in [3.05, 3.63) is 24.3 Å². The lowest BCUT2D eigenvalue weighted by Gasteiger charge is -2.23. The molecule has 1 fully saturated rings. The minimum atomic E-state index is -0.275. The average Bonchev–Trinajstić information content (AvgIpc) is 2.83. The van der Waals surface area contributed by atoms with Crippen LogP contribution in [-0.2, 0) is 20.4 Å².